The highest BCUT2D eigenvalue weighted by Crippen LogP contribution is 2.39. The highest BCUT2D eigenvalue weighted by molar-refractivity contribution is 5.82. The summed E-state index contributed by atoms with van der Waals surface area (Å²) >= 11 is 0. The fraction of sp³-hybridized carbons (Fsp3) is 0.500. The number of hydrogen-bond donors (Lipinski definition) is 0. The molecule has 1 aliphatic carbocycles. The summed E-state index contributed by atoms with van der Waals surface area (Å²) < 4.78 is 7.53. The van der Waals surface area contributed by atoms with Crippen LogP contribution in [-0.4, -0.2) is 34.2 Å². The molecule has 2 aromatic carbocycles. The third-order valence-electron chi connectivity index (χ3n) is 7.72. The Morgan fingerprint density at radius 2 is 1.88 bits per heavy atom. The van der Waals surface area contributed by atoms with Crippen LogP contribution in [0.5, 0.6) is 0 Å². The number of fused-ring (bicyclic) bond motifs is 3. The van der Waals surface area contributed by atoms with E-state index in [9.17, 15) is 4.79 Å². The van der Waals surface area contributed by atoms with Crippen LogP contribution in [-0.2, 0) is 24.1 Å². The van der Waals surface area contributed by atoms with Crippen molar-refractivity contribution in [3.05, 3.63) is 65.0 Å². The molecule has 2 aliphatic rings. The first-order valence-corrected chi connectivity index (χ1v) is 12.4. The molecule has 5 nitrogen and oxygen atoms in total. The third kappa shape index (κ3) is 4.25. The molecule has 174 valence electrons. The molecule has 2 heterocycles. The van der Waals surface area contributed by atoms with Gasteiger partial charge in [0.15, 0.2) is 0 Å². The number of carbonyl (C=O) groups is 1. The van der Waals surface area contributed by atoms with Gasteiger partial charge in [-0.25, -0.2) is 9.78 Å². The monoisotopic (exact) mass is 445 g/mol. The number of imidazole rings is 1. The first kappa shape index (κ1) is 22.0. The van der Waals surface area contributed by atoms with Crippen LogP contribution in [0.3, 0.4) is 0 Å². The van der Waals surface area contributed by atoms with Gasteiger partial charge < -0.3 is 14.2 Å². The molecule has 1 fully saturated rings. The maximum Gasteiger partial charge on any atom is 0.409 e. The van der Waals surface area contributed by atoms with Crippen molar-refractivity contribution < 1.29 is 9.53 Å². The smallest absolute Gasteiger partial charge is 0.409 e. The highest BCUT2D eigenvalue weighted by atomic mass is 16.5. The van der Waals surface area contributed by atoms with Crippen molar-refractivity contribution in [2.75, 3.05) is 13.7 Å². The number of ether oxygens (including phenoxy) is 1. The van der Waals surface area contributed by atoms with Gasteiger partial charge in [-0.05, 0) is 55.7 Å². The second-order valence-electron chi connectivity index (χ2n) is 10.0. The Bertz CT molecular complexity index is 1130. The zero-order valence-corrected chi connectivity index (χ0v) is 20.1. The van der Waals surface area contributed by atoms with Crippen LogP contribution in [0.2, 0.25) is 0 Å². The third-order valence-corrected chi connectivity index (χ3v) is 7.72. The Labute approximate surface area is 196 Å². The topological polar surface area (TPSA) is 47.4 Å². The van der Waals surface area contributed by atoms with Crippen LogP contribution >= 0.6 is 0 Å². The largest absolute Gasteiger partial charge is 0.453 e. The van der Waals surface area contributed by atoms with E-state index in [2.05, 4.69) is 60.9 Å². The Morgan fingerprint density at radius 3 is 2.61 bits per heavy atom. The molecule has 1 atom stereocenters. The molecule has 0 saturated heterocycles. The van der Waals surface area contributed by atoms with Crippen molar-refractivity contribution in [1.29, 1.82) is 0 Å². The van der Waals surface area contributed by atoms with Gasteiger partial charge in [0.05, 0.1) is 24.7 Å². The van der Waals surface area contributed by atoms with Crippen molar-refractivity contribution in [3.8, 4) is 0 Å². The SMILES string of the molecule is COC(=O)N1CCc2ccc3c(nc(C4CCC(C)CC4)n3[C@@H](C)Cc3ccccc3)c2C1. The number of benzene rings is 2. The first-order valence-electron chi connectivity index (χ1n) is 12.4. The second kappa shape index (κ2) is 9.20. The van der Waals surface area contributed by atoms with E-state index >= 15 is 0 Å². The highest BCUT2D eigenvalue weighted by Gasteiger charge is 2.30. The van der Waals surface area contributed by atoms with Crippen LogP contribution in [0.25, 0.3) is 11.0 Å². The number of carbonyl (C=O) groups excluding carboxylic acids is 1. The van der Waals surface area contributed by atoms with E-state index < -0.39 is 0 Å². The van der Waals surface area contributed by atoms with E-state index in [0.29, 0.717) is 25.0 Å². The standard InChI is InChI=1S/C28H35N3O2/c1-19-9-11-23(12-10-19)27-29-26-24-18-30(28(32)33-3)16-15-22(24)13-14-25(26)31(27)20(2)17-21-7-5-4-6-8-21/h4-8,13-14,19-20,23H,9-12,15-18H2,1-3H3/t19?,20-,23?/m0/s1. The van der Waals surface area contributed by atoms with Crippen molar-refractivity contribution >= 4 is 17.1 Å². The van der Waals surface area contributed by atoms with Gasteiger partial charge in [-0.3, -0.25) is 0 Å². The van der Waals surface area contributed by atoms with Gasteiger partial charge >= 0.3 is 6.09 Å². The number of nitrogens with zero attached hydrogens (tertiary/aromatic N) is 3. The molecule has 0 N–H and O–H groups in total. The van der Waals surface area contributed by atoms with Crippen LogP contribution in [0.15, 0.2) is 42.5 Å². The van der Waals surface area contributed by atoms with Gasteiger partial charge in [0.25, 0.3) is 0 Å². The molecule has 5 rings (SSSR count). The minimum Gasteiger partial charge on any atom is -0.453 e. The summed E-state index contributed by atoms with van der Waals surface area (Å²) in [5, 5.41) is 0. The molecule has 5 heteroatoms. The molecule has 1 aromatic heterocycles. The number of aromatic nitrogens is 2. The van der Waals surface area contributed by atoms with Crippen LogP contribution in [0.1, 0.15) is 74.0 Å². The number of amides is 1. The molecule has 1 aliphatic heterocycles. The lowest BCUT2D eigenvalue weighted by molar-refractivity contribution is 0.119. The van der Waals surface area contributed by atoms with Gasteiger partial charge in [-0.15, -0.1) is 0 Å². The molecule has 1 saturated carbocycles. The maximum absolute atomic E-state index is 12.3. The van der Waals surface area contributed by atoms with Crippen LogP contribution in [0, 0.1) is 5.92 Å². The predicted octanol–water partition coefficient (Wildman–Crippen LogP) is 6.26. The molecular formula is C28H35N3O2. The Balaban J connectivity index is 1.59. The van der Waals surface area contributed by atoms with Crippen molar-refractivity contribution in [3.63, 3.8) is 0 Å². The molecule has 0 bridgehead atoms. The maximum atomic E-state index is 12.3. The summed E-state index contributed by atoms with van der Waals surface area (Å²) in [6.07, 6.45) is 6.54. The fourth-order valence-electron chi connectivity index (χ4n) is 5.81. The summed E-state index contributed by atoms with van der Waals surface area (Å²) in [6, 6.07) is 15.6. The molecule has 0 spiro atoms. The summed E-state index contributed by atoms with van der Waals surface area (Å²) in [5.74, 6) is 2.55. The van der Waals surface area contributed by atoms with Gasteiger partial charge in [-0.2, -0.15) is 0 Å². The van der Waals surface area contributed by atoms with E-state index in [1.807, 2.05) is 0 Å². The van der Waals surface area contributed by atoms with E-state index in [1.165, 1.54) is 60.8 Å². The predicted molar refractivity (Wildman–Crippen MR) is 131 cm³/mol. The number of rotatable bonds is 4. The molecule has 33 heavy (non-hydrogen) atoms. The van der Waals surface area contributed by atoms with E-state index in [4.69, 9.17) is 9.72 Å². The quantitative estimate of drug-likeness (QED) is 0.476. The lowest BCUT2D eigenvalue weighted by Crippen LogP contribution is -2.35. The van der Waals surface area contributed by atoms with Gasteiger partial charge in [-0.1, -0.05) is 56.2 Å². The minimum absolute atomic E-state index is 0.254. The lowest BCUT2D eigenvalue weighted by Gasteiger charge is -2.28. The van der Waals surface area contributed by atoms with E-state index in [0.717, 1.165) is 24.3 Å². The Kier molecular flexibility index (Phi) is 6.13. The summed E-state index contributed by atoms with van der Waals surface area (Å²) in [7, 11) is 1.46. The van der Waals surface area contributed by atoms with Crippen LogP contribution in [0.4, 0.5) is 4.79 Å². The van der Waals surface area contributed by atoms with Gasteiger partial charge in [0, 0.05) is 24.1 Å². The Hall–Kier alpha value is -2.82. The molecule has 3 aromatic rings. The van der Waals surface area contributed by atoms with Crippen molar-refractivity contribution in [1.82, 2.24) is 14.5 Å². The number of methoxy groups -OCH3 is 1. The van der Waals surface area contributed by atoms with Crippen molar-refractivity contribution in [2.24, 2.45) is 5.92 Å². The average Bonchev–Trinajstić information content (AvgIpc) is 3.24. The number of hydrogen-bond acceptors (Lipinski definition) is 3. The average molecular weight is 446 g/mol. The van der Waals surface area contributed by atoms with Gasteiger partial charge in [0.2, 0.25) is 0 Å². The zero-order valence-electron chi connectivity index (χ0n) is 20.1. The van der Waals surface area contributed by atoms with Crippen molar-refractivity contribution in [2.45, 2.75) is 70.9 Å². The second-order valence-corrected chi connectivity index (χ2v) is 10.0. The molecule has 0 radical (unpaired) electrons. The molecular weight excluding hydrogens is 410 g/mol. The fourth-order valence-corrected chi connectivity index (χ4v) is 5.81. The minimum atomic E-state index is -0.254. The summed E-state index contributed by atoms with van der Waals surface area (Å²) in [4.78, 5) is 19.4. The molecule has 0 unspecified atom stereocenters. The lowest BCUT2D eigenvalue weighted by atomic mass is 9.82. The van der Waals surface area contributed by atoms with Gasteiger partial charge in [0.1, 0.15) is 5.82 Å². The first-order chi connectivity index (χ1) is 16.0. The normalized spacial score (nSPS) is 21.6. The Morgan fingerprint density at radius 1 is 1.12 bits per heavy atom. The van der Waals surface area contributed by atoms with E-state index in [1.54, 1.807) is 4.90 Å². The molecule has 1 amide bonds. The summed E-state index contributed by atoms with van der Waals surface area (Å²) in [6.45, 7) is 5.96. The zero-order chi connectivity index (χ0) is 22.9. The van der Waals surface area contributed by atoms with Crippen LogP contribution < -0.4 is 0 Å². The summed E-state index contributed by atoms with van der Waals surface area (Å²) in [5.41, 5.74) is 6.14. The van der Waals surface area contributed by atoms with E-state index in [-0.39, 0.29) is 6.09 Å².